The lowest BCUT2D eigenvalue weighted by molar-refractivity contribution is 0.0686. The van der Waals surface area contributed by atoms with Gasteiger partial charge in [0, 0.05) is 16.7 Å². The Morgan fingerprint density at radius 2 is 2.11 bits per heavy atom. The van der Waals surface area contributed by atoms with E-state index >= 15 is 0 Å². The monoisotopic (exact) mass is 263 g/mol. The molecule has 2 aromatic rings. The van der Waals surface area contributed by atoms with Crippen molar-refractivity contribution >= 4 is 23.1 Å². The molecule has 0 aliphatic rings. The van der Waals surface area contributed by atoms with Crippen molar-refractivity contribution in [3.05, 3.63) is 47.1 Å². The minimum absolute atomic E-state index is 0.137. The molecule has 1 N–H and O–H groups in total. The van der Waals surface area contributed by atoms with E-state index in [0.717, 1.165) is 11.1 Å². The van der Waals surface area contributed by atoms with Gasteiger partial charge < -0.3 is 9.63 Å². The molecule has 0 radical (unpaired) electrons. The second-order valence-corrected chi connectivity index (χ2v) is 4.33. The van der Waals surface area contributed by atoms with E-state index in [1.807, 2.05) is 13.0 Å². The number of aromatic nitrogens is 1. The van der Waals surface area contributed by atoms with E-state index in [1.165, 1.54) is 6.07 Å². The first-order chi connectivity index (χ1) is 8.47. The number of aromatic carboxylic acids is 1. The van der Waals surface area contributed by atoms with Gasteiger partial charge >= 0.3 is 5.97 Å². The van der Waals surface area contributed by atoms with Crippen molar-refractivity contribution in [3.8, 4) is 11.3 Å². The van der Waals surface area contributed by atoms with Gasteiger partial charge in [0.2, 0.25) is 0 Å². The van der Waals surface area contributed by atoms with E-state index in [9.17, 15) is 4.79 Å². The fourth-order valence-corrected chi connectivity index (χ4v) is 1.73. The fourth-order valence-electron chi connectivity index (χ4n) is 1.49. The van der Waals surface area contributed by atoms with Crippen molar-refractivity contribution in [2.24, 2.45) is 0 Å². The highest BCUT2D eigenvalue weighted by molar-refractivity contribution is 6.31. The Kier molecular flexibility index (Phi) is 3.21. The van der Waals surface area contributed by atoms with Gasteiger partial charge in [-0.2, -0.15) is 0 Å². The smallest absolute Gasteiger partial charge is 0.358 e. The fraction of sp³-hybridized carbons (Fsp3) is 0.0769. The second-order valence-electron chi connectivity index (χ2n) is 3.89. The van der Waals surface area contributed by atoms with Gasteiger partial charge in [0.1, 0.15) is 0 Å². The molecule has 0 aliphatic carbocycles. The van der Waals surface area contributed by atoms with Gasteiger partial charge in [-0.05, 0) is 30.7 Å². The van der Waals surface area contributed by atoms with E-state index in [1.54, 1.807) is 12.1 Å². The van der Waals surface area contributed by atoms with Gasteiger partial charge in [-0.1, -0.05) is 28.9 Å². The number of nitrogens with zero attached hydrogens (tertiary/aromatic N) is 1. The summed E-state index contributed by atoms with van der Waals surface area (Å²) < 4.78 is 4.98. The van der Waals surface area contributed by atoms with Crippen LogP contribution in [0.25, 0.3) is 16.9 Å². The van der Waals surface area contributed by atoms with Crippen LogP contribution in [0.1, 0.15) is 23.0 Å². The lowest BCUT2D eigenvalue weighted by Crippen LogP contribution is -1.94. The number of hydrogen-bond acceptors (Lipinski definition) is 3. The van der Waals surface area contributed by atoms with E-state index in [0.29, 0.717) is 16.3 Å². The molecule has 2 rings (SSSR count). The van der Waals surface area contributed by atoms with Gasteiger partial charge in [-0.15, -0.1) is 0 Å². The van der Waals surface area contributed by atoms with Crippen LogP contribution in [-0.2, 0) is 0 Å². The minimum atomic E-state index is -1.13. The molecule has 0 amide bonds. The first kappa shape index (κ1) is 12.4. The van der Waals surface area contributed by atoms with E-state index < -0.39 is 5.97 Å². The van der Waals surface area contributed by atoms with Gasteiger partial charge in [0.25, 0.3) is 0 Å². The summed E-state index contributed by atoms with van der Waals surface area (Å²) in [5, 5.41) is 12.8. The Morgan fingerprint density at radius 1 is 1.39 bits per heavy atom. The number of carboxylic acids is 1. The van der Waals surface area contributed by atoms with Crippen LogP contribution in [0.3, 0.4) is 0 Å². The maximum atomic E-state index is 10.7. The quantitative estimate of drug-likeness (QED) is 0.916. The van der Waals surface area contributed by atoms with Crippen molar-refractivity contribution in [1.82, 2.24) is 5.16 Å². The Balaban J connectivity index is 2.49. The third-order valence-electron chi connectivity index (χ3n) is 2.40. The maximum Gasteiger partial charge on any atom is 0.358 e. The number of hydrogen-bond donors (Lipinski definition) is 1. The summed E-state index contributed by atoms with van der Waals surface area (Å²) in [5.41, 5.74) is 2.25. The van der Waals surface area contributed by atoms with Crippen molar-refractivity contribution < 1.29 is 14.4 Å². The van der Waals surface area contributed by atoms with Crippen LogP contribution in [0.15, 0.2) is 35.4 Å². The standard InChI is InChI=1S/C13H10ClNO3/c1-7(2)8-3-9(5-10(14)4-8)12-6-11(13(16)17)15-18-12/h3-6H,1H2,2H3,(H,16,17). The average molecular weight is 264 g/mol. The molecule has 0 fully saturated rings. The molecule has 92 valence electrons. The molecule has 0 unspecified atom stereocenters. The van der Waals surface area contributed by atoms with Crippen LogP contribution in [0.5, 0.6) is 0 Å². The molecule has 18 heavy (non-hydrogen) atoms. The Bertz CT molecular complexity index is 631. The first-order valence-corrected chi connectivity index (χ1v) is 5.52. The third-order valence-corrected chi connectivity index (χ3v) is 2.62. The zero-order valence-electron chi connectivity index (χ0n) is 9.61. The summed E-state index contributed by atoms with van der Waals surface area (Å²) in [5.74, 6) is -0.774. The summed E-state index contributed by atoms with van der Waals surface area (Å²) in [4.78, 5) is 10.7. The van der Waals surface area contributed by atoms with Crippen LogP contribution in [0, 0.1) is 0 Å². The highest BCUT2D eigenvalue weighted by Crippen LogP contribution is 2.28. The molecule has 0 saturated carbocycles. The summed E-state index contributed by atoms with van der Waals surface area (Å²) in [6, 6.07) is 6.64. The van der Waals surface area contributed by atoms with E-state index in [-0.39, 0.29) is 5.69 Å². The Hall–Kier alpha value is -2.07. The molecule has 0 spiro atoms. The molecule has 1 aromatic heterocycles. The van der Waals surface area contributed by atoms with E-state index in [2.05, 4.69) is 11.7 Å². The normalized spacial score (nSPS) is 10.3. The number of allylic oxidation sites excluding steroid dienone is 1. The van der Waals surface area contributed by atoms with Crippen LogP contribution < -0.4 is 0 Å². The molecule has 0 atom stereocenters. The van der Waals surface area contributed by atoms with Gasteiger partial charge in [-0.3, -0.25) is 0 Å². The molecule has 5 heteroatoms. The number of rotatable bonds is 3. The lowest BCUT2D eigenvalue weighted by atomic mass is 10.0. The summed E-state index contributed by atoms with van der Waals surface area (Å²) >= 11 is 5.99. The summed E-state index contributed by atoms with van der Waals surface area (Å²) in [7, 11) is 0. The predicted octanol–water partition coefficient (Wildman–Crippen LogP) is 3.73. The van der Waals surface area contributed by atoms with Crippen LogP contribution >= 0.6 is 11.6 Å². The van der Waals surface area contributed by atoms with Crippen molar-refractivity contribution in [2.75, 3.05) is 0 Å². The molecule has 0 aliphatic heterocycles. The van der Waals surface area contributed by atoms with Crippen LogP contribution in [0.2, 0.25) is 5.02 Å². The highest BCUT2D eigenvalue weighted by atomic mass is 35.5. The molecule has 4 nitrogen and oxygen atoms in total. The SMILES string of the molecule is C=C(C)c1cc(Cl)cc(-c2cc(C(=O)O)no2)c1. The summed E-state index contributed by atoms with van der Waals surface area (Å²) in [6.45, 7) is 5.70. The lowest BCUT2D eigenvalue weighted by Gasteiger charge is -2.03. The molecular formula is C13H10ClNO3. The second kappa shape index (κ2) is 4.66. The maximum absolute atomic E-state index is 10.7. The highest BCUT2D eigenvalue weighted by Gasteiger charge is 2.13. The molecule has 0 bridgehead atoms. The first-order valence-electron chi connectivity index (χ1n) is 5.14. The van der Waals surface area contributed by atoms with Crippen molar-refractivity contribution in [1.29, 1.82) is 0 Å². The van der Waals surface area contributed by atoms with Crippen LogP contribution in [0.4, 0.5) is 0 Å². The van der Waals surface area contributed by atoms with Crippen molar-refractivity contribution in [3.63, 3.8) is 0 Å². The van der Waals surface area contributed by atoms with Crippen molar-refractivity contribution in [2.45, 2.75) is 6.92 Å². The molecule has 1 aromatic carbocycles. The summed E-state index contributed by atoms with van der Waals surface area (Å²) in [6.07, 6.45) is 0. The zero-order chi connectivity index (χ0) is 13.3. The Labute approximate surface area is 108 Å². The predicted molar refractivity (Wildman–Crippen MR) is 68.6 cm³/mol. The molecule has 1 heterocycles. The average Bonchev–Trinajstić information content (AvgIpc) is 2.77. The largest absolute Gasteiger partial charge is 0.476 e. The number of carboxylic acid groups (broad SMARTS) is 1. The van der Waals surface area contributed by atoms with Gasteiger partial charge in [0.05, 0.1) is 0 Å². The van der Waals surface area contributed by atoms with Gasteiger partial charge in [0.15, 0.2) is 11.5 Å². The zero-order valence-corrected chi connectivity index (χ0v) is 10.4. The topological polar surface area (TPSA) is 63.3 Å². The minimum Gasteiger partial charge on any atom is -0.476 e. The number of carbonyl (C=O) groups is 1. The number of benzene rings is 1. The number of halogens is 1. The third kappa shape index (κ3) is 2.43. The van der Waals surface area contributed by atoms with E-state index in [4.69, 9.17) is 21.2 Å². The van der Waals surface area contributed by atoms with Gasteiger partial charge in [-0.25, -0.2) is 4.79 Å². The Morgan fingerprint density at radius 3 is 2.67 bits per heavy atom. The van der Waals surface area contributed by atoms with Crippen LogP contribution in [-0.4, -0.2) is 16.2 Å². The molecular weight excluding hydrogens is 254 g/mol. The molecule has 0 saturated heterocycles.